The largest absolute Gasteiger partial charge is 0.399 e. The van der Waals surface area contributed by atoms with Gasteiger partial charge in [0.05, 0.1) is 0 Å². The average Bonchev–Trinajstić information content (AvgIpc) is 2.44. The van der Waals surface area contributed by atoms with Crippen molar-refractivity contribution in [2.75, 3.05) is 23.7 Å². The van der Waals surface area contributed by atoms with Crippen LogP contribution < -0.4 is 10.6 Å². The van der Waals surface area contributed by atoms with Gasteiger partial charge >= 0.3 is 0 Å². The minimum Gasteiger partial charge on any atom is -0.399 e. The van der Waals surface area contributed by atoms with Gasteiger partial charge in [-0.05, 0) is 30.7 Å². The molecule has 3 heteroatoms. The minimum absolute atomic E-state index is 0.382. The third kappa shape index (κ3) is 2.49. The molecule has 0 radical (unpaired) electrons. The van der Waals surface area contributed by atoms with Gasteiger partial charge < -0.3 is 10.6 Å². The van der Waals surface area contributed by atoms with Crippen molar-refractivity contribution in [3.05, 3.63) is 24.3 Å². The van der Waals surface area contributed by atoms with Gasteiger partial charge in [-0.15, -0.1) is 0 Å². The van der Waals surface area contributed by atoms with E-state index in [9.17, 15) is 4.79 Å². The van der Waals surface area contributed by atoms with Crippen LogP contribution in [0.25, 0.3) is 0 Å². The summed E-state index contributed by atoms with van der Waals surface area (Å²) >= 11 is 0. The number of ketones is 1. The monoisotopic (exact) mass is 204 g/mol. The van der Waals surface area contributed by atoms with Crippen LogP contribution in [0.1, 0.15) is 19.3 Å². The number of nitrogen functional groups attached to an aromatic ring is 1. The Morgan fingerprint density at radius 1 is 1.07 bits per heavy atom. The number of carbonyl (C=O) groups is 1. The van der Waals surface area contributed by atoms with Crippen molar-refractivity contribution in [1.29, 1.82) is 0 Å². The van der Waals surface area contributed by atoms with Gasteiger partial charge in [0.15, 0.2) is 0 Å². The van der Waals surface area contributed by atoms with Crippen LogP contribution in [-0.2, 0) is 4.79 Å². The maximum Gasteiger partial charge on any atom is 0.134 e. The molecule has 1 aliphatic heterocycles. The quantitative estimate of drug-likeness (QED) is 0.710. The predicted octanol–water partition coefficient (Wildman–Crippen LogP) is 1.83. The summed E-state index contributed by atoms with van der Waals surface area (Å²) < 4.78 is 0. The fraction of sp³-hybridized carbons (Fsp3) is 0.417. The molecule has 0 saturated carbocycles. The first kappa shape index (κ1) is 10.0. The molecule has 0 bridgehead atoms. The summed E-state index contributed by atoms with van der Waals surface area (Å²) in [5.74, 6) is 0.382. The number of carbonyl (C=O) groups excluding carboxylic acids is 1. The summed E-state index contributed by atoms with van der Waals surface area (Å²) in [6.07, 6.45) is 2.36. The molecule has 0 aliphatic carbocycles. The number of Topliss-reactive ketones (excluding diaryl/α,β-unsaturated/α-hetero) is 1. The SMILES string of the molecule is Nc1ccc(N2CCCC(=O)CC2)cc1. The average molecular weight is 204 g/mol. The van der Waals surface area contributed by atoms with Crippen LogP contribution in [0.15, 0.2) is 24.3 Å². The number of anilines is 2. The van der Waals surface area contributed by atoms with E-state index in [4.69, 9.17) is 5.73 Å². The van der Waals surface area contributed by atoms with Crippen LogP contribution in [0, 0.1) is 0 Å². The molecule has 2 N–H and O–H groups in total. The number of nitrogens with two attached hydrogens (primary N) is 1. The van der Waals surface area contributed by atoms with Gasteiger partial charge in [-0.1, -0.05) is 0 Å². The van der Waals surface area contributed by atoms with E-state index in [0.29, 0.717) is 12.2 Å². The molecule has 1 saturated heterocycles. The normalized spacial score (nSPS) is 17.6. The zero-order valence-corrected chi connectivity index (χ0v) is 8.78. The highest BCUT2D eigenvalue weighted by molar-refractivity contribution is 5.79. The van der Waals surface area contributed by atoms with E-state index in [0.717, 1.165) is 31.6 Å². The van der Waals surface area contributed by atoms with Crippen LogP contribution >= 0.6 is 0 Å². The fourth-order valence-corrected chi connectivity index (χ4v) is 1.91. The molecular formula is C12H16N2O. The van der Waals surface area contributed by atoms with Gasteiger partial charge in [0, 0.05) is 37.3 Å². The standard InChI is InChI=1S/C12H16N2O/c13-10-3-5-11(6-4-10)14-8-1-2-12(15)7-9-14/h3-6H,1-2,7-9,13H2. The lowest BCUT2D eigenvalue weighted by molar-refractivity contribution is -0.118. The van der Waals surface area contributed by atoms with Crippen LogP contribution in [-0.4, -0.2) is 18.9 Å². The van der Waals surface area contributed by atoms with Crippen molar-refractivity contribution in [3.63, 3.8) is 0 Å². The van der Waals surface area contributed by atoms with Gasteiger partial charge in [0.1, 0.15) is 5.78 Å². The summed E-state index contributed by atoms with van der Waals surface area (Å²) in [4.78, 5) is 13.5. The Morgan fingerprint density at radius 2 is 1.80 bits per heavy atom. The molecule has 0 atom stereocenters. The van der Waals surface area contributed by atoms with E-state index >= 15 is 0 Å². The third-order valence-electron chi connectivity index (χ3n) is 2.80. The molecule has 1 aliphatic rings. The Bertz CT molecular complexity index is 345. The maximum atomic E-state index is 11.3. The lowest BCUT2D eigenvalue weighted by atomic mass is 10.2. The lowest BCUT2D eigenvalue weighted by Crippen LogP contribution is -2.24. The molecule has 1 fully saturated rings. The van der Waals surface area contributed by atoms with E-state index < -0.39 is 0 Å². The fourth-order valence-electron chi connectivity index (χ4n) is 1.91. The van der Waals surface area contributed by atoms with Crippen LogP contribution in [0.3, 0.4) is 0 Å². The number of hydrogen-bond acceptors (Lipinski definition) is 3. The number of hydrogen-bond donors (Lipinski definition) is 1. The Hall–Kier alpha value is -1.51. The van der Waals surface area contributed by atoms with E-state index in [1.165, 1.54) is 5.69 Å². The molecule has 1 aromatic rings. The number of nitrogens with zero attached hydrogens (tertiary/aromatic N) is 1. The molecule has 1 aromatic carbocycles. The van der Waals surface area contributed by atoms with Crippen molar-refractivity contribution < 1.29 is 4.79 Å². The molecular weight excluding hydrogens is 188 g/mol. The Balaban J connectivity index is 2.09. The summed E-state index contributed by atoms with van der Waals surface area (Å²) in [5.41, 5.74) is 7.58. The van der Waals surface area contributed by atoms with E-state index in [2.05, 4.69) is 4.90 Å². The highest BCUT2D eigenvalue weighted by Crippen LogP contribution is 2.19. The third-order valence-corrected chi connectivity index (χ3v) is 2.80. The first-order chi connectivity index (χ1) is 7.25. The second-order valence-corrected chi connectivity index (χ2v) is 3.97. The van der Waals surface area contributed by atoms with Crippen molar-refractivity contribution in [2.24, 2.45) is 0 Å². The summed E-state index contributed by atoms with van der Waals surface area (Å²) in [6.45, 7) is 1.80. The highest BCUT2D eigenvalue weighted by Gasteiger charge is 2.13. The second kappa shape index (κ2) is 4.34. The van der Waals surface area contributed by atoms with E-state index in [1.54, 1.807) is 0 Å². The molecule has 15 heavy (non-hydrogen) atoms. The summed E-state index contributed by atoms with van der Waals surface area (Å²) in [7, 11) is 0. The minimum atomic E-state index is 0.382. The molecule has 0 amide bonds. The molecule has 0 aromatic heterocycles. The van der Waals surface area contributed by atoms with E-state index in [-0.39, 0.29) is 0 Å². The summed E-state index contributed by atoms with van der Waals surface area (Å²) in [6, 6.07) is 7.85. The smallest absolute Gasteiger partial charge is 0.134 e. The van der Waals surface area contributed by atoms with Crippen LogP contribution in [0.2, 0.25) is 0 Å². The first-order valence-corrected chi connectivity index (χ1v) is 5.38. The maximum absolute atomic E-state index is 11.3. The van der Waals surface area contributed by atoms with Gasteiger partial charge in [0.2, 0.25) is 0 Å². The number of benzene rings is 1. The zero-order chi connectivity index (χ0) is 10.7. The van der Waals surface area contributed by atoms with Crippen molar-refractivity contribution in [3.8, 4) is 0 Å². The van der Waals surface area contributed by atoms with Gasteiger partial charge in [-0.25, -0.2) is 0 Å². The first-order valence-electron chi connectivity index (χ1n) is 5.38. The van der Waals surface area contributed by atoms with Gasteiger partial charge in [-0.3, -0.25) is 4.79 Å². The van der Waals surface area contributed by atoms with E-state index in [1.807, 2.05) is 24.3 Å². The topological polar surface area (TPSA) is 46.3 Å². The Labute approximate surface area is 89.9 Å². The molecule has 2 rings (SSSR count). The highest BCUT2D eigenvalue weighted by atomic mass is 16.1. The van der Waals surface area contributed by atoms with Crippen LogP contribution in [0.5, 0.6) is 0 Å². The van der Waals surface area contributed by atoms with Gasteiger partial charge in [0.25, 0.3) is 0 Å². The molecule has 0 spiro atoms. The molecule has 80 valence electrons. The second-order valence-electron chi connectivity index (χ2n) is 3.97. The molecule has 3 nitrogen and oxygen atoms in total. The lowest BCUT2D eigenvalue weighted by Gasteiger charge is -2.22. The van der Waals surface area contributed by atoms with Crippen molar-refractivity contribution >= 4 is 17.2 Å². The van der Waals surface area contributed by atoms with Crippen LogP contribution in [0.4, 0.5) is 11.4 Å². The predicted molar refractivity (Wildman–Crippen MR) is 61.9 cm³/mol. The Morgan fingerprint density at radius 3 is 2.53 bits per heavy atom. The number of rotatable bonds is 1. The zero-order valence-electron chi connectivity index (χ0n) is 8.78. The Kier molecular flexibility index (Phi) is 2.90. The molecule has 0 unspecified atom stereocenters. The van der Waals surface area contributed by atoms with Crippen molar-refractivity contribution in [1.82, 2.24) is 0 Å². The van der Waals surface area contributed by atoms with Gasteiger partial charge in [-0.2, -0.15) is 0 Å². The molecule has 1 heterocycles. The van der Waals surface area contributed by atoms with Crippen molar-refractivity contribution in [2.45, 2.75) is 19.3 Å². The summed E-state index contributed by atoms with van der Waals surface area (Å²) in [5, 5.41) is 0.